The Morgan fingerprint density at radius 2 is 1.95 bits per heavy atom. The van der Waals surface area contributed by atoms with Crippen molar-refractivity contribution in [2.45, 2.75) is 0 Å². The highest BCUT2D eigenvalue weighted by molar-refractivity contribution is 7.12. The van der Waals surface area contributed by atoms with Gasteiger partial charge in [0.15, 0.2) is 0 Å². The van der Waals surface area contributed by atoms with Gasteiger partial charge in [-0.1, -0.05) is 17.7 Å². The van der Waals surface area contributed by atoms with Crippen LogP contribution in [-0.2, 0) is 4.79 Å². The van der Waals surface area contributed by atoms with Crippen molar-refractivity contribution in [3.05, 3.63) is 51.7 Å². The summed E-state index contributed by atoms with van der Waals surface area (Å²) < 4.78 is 0. The van der Waals surface area contributed by atoms with Crippen LogP contribution in [-0.4, -0.2) is 30.3 Å². The van der Waals surface area contributed by atoms with E-state index in [4.69, 9.17) is 11.6 Å². The van der Waals surface area contributed by atoms with Crippen molar-refractivity contribution in [1.29, 1.82) is 0 Å². The molecule has 0 radical (unpaired) electrons. The Balaban J connectivity index is 1.91. The predicted octanol–water partition coefficient (Wildman–Crippen LogP) is 3.11. The van der Waals surface area contributed by atoms with Gasteiger partial charge in [0, 0.05) is 17.8 Å². The molecule has 2 amide bonds. The number of likely N-dealkylation sites (N-methyl/N-ethyl adjacent to an activating group) is 1. The zero-order valence-electron chi connectivity index (χ0n) is 10.8. The first kappa shape index (κ1) is 14.6. The molecule has 0 fully saturated rings. The number of thiophene rings is 1. The van der Waals surface area contributed by atoms with Crippen LogP contribution in [0.3, 0.4) is 0 Å². The van der Waals surface area contributed by atoms with Crippen LogP contribution in [0.1, 0.15) is 9.67 Å². The molecule has 2 aromatic rings. The van der Waals surface area contributed by atoms with E-state index < -0.39 is 0 Å². The van der Waals surface area contributed by atoms with Gasteiger partial charge in [0.1, 0.15) is 0 Å². The van der Waals surface area contributed by atoms with Gasteiger partial charge in [0.05, 0.1) is 11.4 Å². The van der Waals surface area contributed by atoms with E-state index in [1.165, 1.54) is 16.2 Å². The molecule has 0 saturated heterocycles. The van der Waals surface area contributed by atoms with E-state index in [1.807, 2.05) is 5.38 Å². The minimum atomic E-state index is -0.250. The molecule has 1 aromatic heterocycles. The normalized spacial score (nSPS) is 10.1. The summed E-state index contributed by atoms with van der Waals surface area (Å²) in [6, 6.07) is 10.3. The number of rotatable bonds is 4. The number of carbonyl (C=O) groups is 2. The van der Waals surface area contributed by atoms with Crippen LogP contribution in [0.15, 0.2) is 41.8 Å². The second kappa shape index (κ2) is 6.54. The standard InChI is InChI=1S/C14H13ClN2O2S/c1-17(14(19)12-3-2-8-20-12)9-13(18)16-11-6-4-10(15)5-7-11/h2-8H,9H2,1H3,(H,16,18). The zero-order valence-corrected chi connectivity index (χ0v) is 12.4. The first-order valence-electron chi connectivity index (χ1n) is 5.90. The van der Waals surface area contributed by atoms with Gasteiger partial charge in [0.2, 0.25) is 5.91 Å². The molecule has 2 rings (SSSR count). The number of halogens is 1. The Morgan fingerprint density at radius 3 is 2.55 bits per heavy atom. The van der Waals surface area contributed by atoms with Crippen molar-refractivity contribution in [2.75, 3.05) is 18.9 Å². The van der Waals surface area contributed by atoms with Crippen LogP contribution in [0, 0.1) is 0 Å². The summed E-state index contributed by atoms with van der Waals surface area (Å²) in [6.45, 7) is -0.000635. The van der Waals surface area contributed by atoms with E-state index in [2.05, 4.69) is 5.32 Å². The SMILES string of the molecule is CN(CC(=O)Nc1ccc(Cl)cc1)C(=O)c1cccs1. The summed E-state index contributed by atoms with van der Waals surface area (Å²) in [7, 11) is 1.60. The Kier molecular flexibility index (Phi) is 4.76. The van der Waals surface area contributed by atoms with Crippen molar-refractivity contribution in [3.8, 4) is 0 Å². The van der Waals surface area contributed by atoms with Crippen LogP contribution in [0.4, 0.5) is 5.69 Å². The summed E-state index contributed by atoms with van der Waals surface area (Å²) >= 11 is 7.12. The highest BCUT2D eigenvalue weighted by atomic mass is 35.5. The lowest BCUT2D eigenvalue weighted by atomic mass is 10.3. The molecule has 4 nitrogen and oxygen atoms in total. The first-order chi connectivity index (χ1) is 9.56. The molecule has 1 N–H and O–H groups in total. The van der Waals surface area contributed by atoms with Crippen molar-refractivity contribution >= 4 is 40.4 Å². The fourth-order valence-corrected chi connectivity index (χ4v) is 2.45. The minimum Gasteiger partial charge on any atom is -0.332 e. The van der Waals surface area contributed by atoms with Gasteiger partial charge < -0.3 is 10.2 Å². The summed E-state index contributed by atoms with van der Waals surface area (Å²) in [6.07, 6.45) is 0. The molecule has 1 heterocycles. The molecule has 0 atom stereocenters. The molecule has 0 aliphatic carbocycles. The minimum absolute atomic E-state index is 0.000635. The summed E-state index contributed by atoms with van der Waals surface area (Å²) in [5, 5.41) is 5.14. The monoisotopic (exact) mass is 308 g/mol. The first-order valence-corrected chi connectivity index (χ1v) is 7.16. The average molecular weight is 309 g/mol. The molecule has 0 aliphatic heterocycles. The highest BCUT2D eigenvalue weighted by Gasteiger charge is 2.15. The number of hydrogen-bond acceptors (Lipinski definition) is 3. The second-order valence-electron chi connectivity index (χ2n) is 4.19. The van der Waals surface area contributed by atoms with Crippen LogP contribution in [0.2, 0.25) is 5.02 Å². The van der Waals surface area contributed by atoms with E-state index in [-0.39, 0.29) is 18.4 Å². The van der Waals surface area contributed by atoms with Crippen LogP contribution in [0.5, 0.6) is 0 Å². The number of amides is 2. The Morgan fingerprint density at radius 1 is 1.25 bits per heavy atom. The molecule has 0 bridgehead atoms. The van der Waals surface area contributed by atoms with E-state index in [1.54, 1.807) is 43.4 Å². The highest BCUT2D eigenvalue weighted by Crippen LogP contribution is 2.14. The third-order valence-electron chi connectivity index (χ3n) is 2.59. The fraction of sp³-hybridized carbons (Fsp3) is 0.143. The number of benzene rings is 1. The second-order valence-corrected chi connectivity index (χ2v) is 5.58. The number of hydrogen-bond donors (Lipinski definition) is 1. The van der Waals surface area contributed by atoms with Gasteiger partial charge >= 0.3 is 0 Å². The lowest BCUT2D eigenvalue weighted by molar-refractivity contribution is -0.116. The molecule has 20 heavy (non-hydrogen) atoms. The van der Waals surface area contributed by atoms with E-state index in [0.717, 1.165) is 0 Å². The molecule has 6 heteroatoms. The predicted molar refractivity (Wildman–Crippen MR) is 81.4 cm³/mol. The average Bonchev–Trinajstić information content (AvgIpc) is 2.94. The number of nitrogens with one attached hydrogen (secondary N) is 1. The van der Waals surface area contributed by atoms with E-state index in [0.29, 0.717) is 15.6 Å². The molecule has 0 spiro atoms. The molecule has 0 aliphatic rings. The van der Waals surface area contributed by atoms with Crippen LogP contribution < -0.4 is 5.32 Å². The summed E-state index contributed by atoms with van der Waals surface area (Å²) in [4.78, 5) is 25.8. The molecule has 1 aromatic carbocycles. The lowest BCUT2D eigenvalue weighted by Crippen LogP contribution is -2.34. The number of carbonyl (C=O) groups excluding carboxylic acids is 2. The van der Waals surface area contributed by atoms with E-state index >= 15 is 0 Å². The molecule has 104 valence electrons. The summed E-state index contributed by atoms with van der Waals surface area (Å²) in [5.74, 6) is -0.411. The van der Waals surface area contributed by atoms with Crippen molar-refractivity contribution in [2.24, 2.45) is 0 Å². The lowest BCUT2D eigenvalue weighted by Gasteiger charge is -2.15. The zero-order chi connectivity index (χ0) is 14.5. The van der Waals surface area contributed by atoms with Gasteiger partial charge in [-0.05, 0) is 35.7 Å². The maximum Gasteiger partial charge on any atom is 0.264 e. The third-order valence-corrected chi connectivity index (χ3v) is 3.70. The Bertz CT molecular complexity index is 596. The Labute approximate surface area is 126 Å². The van der Waals surface area contributed by atoms with Gasteiger partial charge in [-0.2, -0.15) is 0 Å². The number of nitrogens with zero attached hydrogens (tertiary/aromatic N) is 1. The van der Waals surface area contributed by atoms with E-state index in [9.17, 15) is 9.59 Å². The summed E-state index contributed by atoms with van der Waals surface area (Å²) in [5.41, 5.74) is 0.649. The smallest absolute Gasteiger partial charge is 0.264 e. The van der Waals surface area contributed by atoms with Crippen molar-refractivity contribution in [1.82, 2.24) is 4.90 Å². The topological polar surface area (TPSA) is 49.4 Å². The largest absolute Gasteiger partial charge is 0.332 e. The molecular formula is C14H13ClN2O2S. The van der Waals surface area contributed by atoms with Gasteiger partial charge in [-0.15, -0.1) is 11.3 Å². The van der Waals surface area contributed by atoms with Gasteiger partial charge in [0.25, 0.3) is 5.91 Å². The van der Waals surface area contributed by atoms with Crippen molar-refractivity contribution < 1.29 is 9.59 Å². The van der Waals surface area contributed by atoms with Gasteiger partial charge in [-0.25, -0.2) is 0 Å². The van der Waals surface area contributed by atoms with Crippen molar-refractivity contribution in [3.63, 3.8) is 0 Å². The quantitative estimate of drug-likeness (QED) is 0.943. The Hall–Kier alpha value is -1.85. The third kappa shape index (κ3) is 3.82. The van der Waals surface area contributed by atoms with Crippen LogP contribution >= 0.6 is 22.9 Å². The maximum atomic E-state index is 12.0. The number of anilines is 1. The molecule has 0 unspecified atom stereocenters. The fourth-order valence-electron chi connectivity index (χ4n) is 1.61. The molecular weight excluding hydrogens is 296 g/mol. The van der Waals surface area contributed by atoms with Crippen LogP contribution in [0.25, 0.3) is 0 Å². The molecule has 0 saturated carbocycles. The maximum absolute atomic E-state index is 12.0. The van der Waals surface area contributed by atoms with Gasteiger partial charge in [-0.3, -0.25) is 9.59 Å².